The van der Waals surface area contributed by atoms with E-state index in [0.29, 0.717) is 12.1 Å². The van der Waals surface area contributed by atoms with Crippen LogP contribution in [-0.4, -0.2) is 25.0 Å². The van der Waals surface area contributed by atoms with Crippen LogP contribution in [0.25, 0.3) is 11.3 Å². The van der Waals surface area contributed by atoms with E-state index in [2.05, 4.69) is 15.7 Å². The quantitative estimate of drug-likeness (QED) is 0.752. The van der Waals surface area contributed by atoms with Crippen LogP contribution in [0.15, 0.2) is 53.9 Å². The zero-order valence-corrected chi connectivity index (χ0v) is 15.4. The molecule has 0 aliphatic heterocycles. The van der Waals surface area contributed by atoms with Gasteiger partial charge in [0.2, 0.25) is 0 Å². The summed E-state index contributed by atoms with van der Waals surface area (Å²) in [6.07, 6.45) is 0. The van der Waals surface area contributed by atoms with Crippen molar-refractivity contribution in [2.24, 2.45) is 0 Å². The van der Waals surface area contributed by atoms with Crippen LogP contribution in [0, 0.1) is 6.92 Å². The second-order valence-electron chi connectivity index (χ2n) is 6.08. The van der Waals surface area contributed by atoms with Crippen molar-refractivity contribution in [1.82, 2.24) is 10.3 Å². The molecule has 5 heteroatoms. The number of rotatable bonds is 5. The van der Waals surface area contributed by atoms with Crippen LogP contribution in [0.3, 0.4) is 0 Å². The molecule has 128 valence electrons. The van der Waals surface area contributed by atoms with Crippen LogP contribution in [0.5, 0.6) is 0 Å². The lowest BCUT2D eigenvalue weighted by molar-refractivity contribution is 0.0951. The Balaban J connectivity index is 1.63. The van der Waals surface area contributed by atoms with E-state index in [1.807, 2.05) is 74.4 Å². The number of hydrogen-bond donors (Lipinski definition) is 1. The van der Waals surface area contributed by atoms with Gasteiger partial charge in [0.25, 0.3) is 5.91 Å². The number of aryl methyl sites for hydroxylation is 1. The van der Waals surface area contributed by atoms with Crippen molar-refractivity contribution in [2.45, 2.75) is 13.5 Å². The summed E-state index contributed by atoms with van der Waals surface area (Å²) >= 11 is 1.65. The molecule has 4 nitrogen and oxygen atoms in total. The summed E-state index contributed by atoms with van der Waals surface area (Å²) in [5.74, 6) is -0.0668. The first-order valence-electron chi connectivity index (χ1n) is 8.10. The maximum atomic E-state index is 12.3. The Hall–Kier alpha value is -2.66. The Morgan fingerprint density at radius 1 is 1.16 bits per heavy atom. The van der Waals surface area contributed by atoms with Gasteiger partial charge in [-0.1, -0.05) is 30.3 Å². The van der Waals surface area contributed by atoms with Crippen LogP contribution in [-0.2, 0) is 6.54 Å². The highest BCUT2D eigenvalue weighted by Crippen LogP contribution is 2.21. The van der Waals surface area contributed by atoms with Gasteiger partial charge in [-0.25, -0.2) is 4.98 Å². The summed E-state index contributed by atoms with van der Waals surface area (Å²) in [6.45, 7) is 2.50. The molecule has 1 aromatic heterocycles. The number of hydrogen-bond acceptors (Lipinski definition) is 4. The fraction of sp³-hybridized carbons (Fsp3) is 0.200. The maximum absolute atomic E-state index is 12.3. The highest BCUT2D eigenvalue weighted by Gasteiger charge is 2.07. The van der Waals surface area contributed by atoms with Crippen molar-refractivity contribution in [2.75, 3.05) is 19.0 Å². The molecule has 1 amide bonds. The summed E-state index contributed by atoms with van der Waals surface area (Å²) in [5, 5.41) is 6.09. The second kappa shape index (κ2) is 7.49. The predicted octanol–water partition coefficient (Wildman–Crippen LogP) is 4.11. The predicted molar refractivity (Wildman–Crippen MR) is 104 cm³/mol. The number of aromatic nitrogens is 1. The molecule has 0 bridgehead atoms. The molecule has 0 aliphatic carbocycles. The molecule has 0 fully saturated rings. The van der Waals surface area contributed by atoms with Gasteiger partial charge in [-0.15, -0.1) is 11.3 Å². The molecule has 0 saturated carbocycles. The number of carbonyl (C=O) groups excluding carboxylic acids is 1. The minimum atomic E-state index is -0.0668. The van der Waals surface area contributed by atoms with Crippen molar-refractivity contribution < 1.29 is 4.79 Å². The molecular formula is C20H21N3OS. The van der Waals surface area contributed by atoms with E-state index in [9.17, 15) is 4.79 Å². The lowest BCUT2D eigenvalue weighted by atomic mass is 10.1. The van der Waals surface area contributed by atoms with E-state index in [1.165, 1.54) is 0 Å². The number of carbonyl (C=O) groups is 1. The highest BCUT2D eigenvalue weighted by molar-refractivity contribution is 7.09. The normalized spacial score (nSPS) is 10.5. The monoisotopic (exact) mass is 351 g/mol. The molecule has 3 rings (SSSR count). The first kappa shape index (κ1) is 17.2. The SMILES string of the molecule is Cc1nc(-c2ccc(CNC(=O)c3cccc(N(C)C)c3)cc2)cs1. The first-order chi connectivity index (χ1) is 12.0. The molecule has 25 heavy (non-hydrogen) atoms. The minimum absolute atomic E-state index is 0.0668. The maximum Gasteiger partial charge on any atom is 0.251 e. The van der Waals surface area contributed by atoms with E-state index in [-0.39, 0.29) is 5.91 Å². The molecule has 0 spiro atoms. The van der Waals surface area contributed by atoms with Crippen LogP contribution < -0.4 is 10.2 Å². The third-order valence-electron chi connectivity index (χ3n) is 3.95. The molecule has 0 saturated heterocycles. The molecule has 0 atom stereocenters. The van der Waals surface area contributed by atoms with Crippen LogP contribution in [0.4, 0.5) is 5.69 Å². The lowest BCUT2D eigenvalue weighted by Gasteiger charge is -2.13. The van der Waals surface area contributed by atoms with Gasteiger partial charge in [0.15, 0.2) is 0 Å². The average Bonchev–Trinajstić information content (AvgIpc) is 3.06. The average molecular weight is 351 g/mol. The third kappa shape index (κ3) is 4.25. The number of amides is 1. The van der Waals surface area contributed by atoms with E-state index in [4.69, 9.17) is 0 Å². The Bertz CT molecular complexity index is 869. The zero-order chi connectivity index (χ0) is 17.8. The van der Waals surface area contributed by atoms with Gasteiger partial charge in [-0.05, 0) is 30.7 Å². The van der Waals surface area contributed by atoms with Crippen molar-refractivity contribution >= 4 is 22.9 Å². The van der Waals surface area contributed by atoms with Crippen LogP contribution in [0.1, 0.15) is 20.9 Å². The third-order valence-corrected chi connectivity index (χ3v) is 4.72. The summed E-state index contributed by atoms with van der Waals surface area (Å²) in [7, 11) is 3.92. The van der Waals surface area contributed by atoms with E-state index < -0.39 is 0 Å². The van der Waals surface area contributed by atoms with Crippen molar-refractivity contribution in [3.8, 4) is 11.3 Å². The molecule has 0 aliphatic rings. The number of benzene rings is 2. The molecule has 2 aromatic carbocycles. The highest BCUT2D eigenvalue weighted by atomic mass is 32.1. The van der Waals surface area contributed by atoms with Gasteiger partial charge in [0, 0.05) is 42.8 Å². The van der Waals surface area contributed by atoms with Crippen molar-refractivity contribution in [3.63, 3.8) is 0 Å². The minimum Gasteiger partial charge on any atom is -0.378 e. The Kier molecular flexibility index (Phi) is 5.14. The molecule has 1 N–H and O–H groups in total. The standard InChI is InChI=1S/C20H21N3OS/c1-14-22-19(13-25-14)16-9-7-15(8-10-16)12-21-20(24)17-5-4-6-18(11-17)23(2)3/h4-11,13H,12H2,1-3H3,(H,21,24). The molecule has 0 radical (unpaired) electrons. The summed E-state index contributed by atoms with van der Waals surface area (Å²) in [6, 6.07) is 15.7. The lowest BCUT2D eigenvalue weighted by Crippen LogP contribution is -2.23. The van der Waals surface area contributed by atoms with Gasteiger partial charge in [0.05, 0.1) is 10.7 Å². The number of nitrogens with one attached hydrogen (secondary N) is 1. The Labute approximate surface area is 152 Å². The Morgan fingerprint density at radius 2 is 1.92 bits per heavy atom. The number of thiazole rings is 1. The summed E-state index contributed by atoms with van der Waals surface area (Å²) < 4.78 is 0. The molecule has 3 aromatic rings. The van der Waals surface area contributed by atoms with Crippen LogP contribution >= 0.6 is 11.3 Å². The Morgan fingerprint density at radius 3 is 2.56 bits per heavy atom. The molecular weight excluding hydrogens is 330 g/mol. The number of anilines is 1. The van der Waals surface area contributed by atoms with Gasteiger partial charge >= 0.3 is 0 Å². The van der Waals surface area contributed by atoms with E-state index >= 15 is 0 Å². The molecule has 1 heterocycles. The van der Waals surface area contributed by atoms with E-state index in [0.717, 1.165) is 27.5 Å². The fourth-order valence-corrected chi connectivity index (χ4v) is 3.12. The van der Waals surface area contributed by atoms with Gasteiger partial charge in [-0.3, -0.25) is 4.79 Å². The van der Waals surface area contributed by atoms with Gasteiger partial charge in [0.1, 0.15) is 0 Å². The van der Waals surface area contributed by atoms with Crippen molar-refractivity contribution in [3.05, 3.63) is 70.0 Å². The first-order valence-corrected chi connectivity index (χ1v) is 8.98. The zero-order valence-electron chi connectivity index (χ0n) is 14.6. The summed E-state index contributed by atoms with van der Waals surface area (Å²) in [4.78, 5) is 18.8. The van der Waals surface area contributed by atoms with Gasteiger partial charge < -0.3 is 10.2 Å². The smallest absolute Gasteiger partial charge is 0.251 e. The number of nitrogens with zero attached hydrogens (tertiary/aromatic N) is 2. The fourth-order valence-electron chi connectivity index (χ4n) is 2.50. The molecule has 0 unspecified atom stereocenters. The second-order valence-corrected chi connectivity index (χ2v) is 7.14. The summed E-state index contributed by atoms with van der Waals surface area (Å²) in [5.41, 5.74) is 4.83. The topological polar surface area (TPSA) is 45.2 Å². The largest absolute Gasteiger partial charge is 0.378 e. The van der Waals surface area contributed by atoms with Crippen LogP contribution in [0.2, 0.25) is 0 Å². The van der Waals surface area contributed by atoms with Crippen molar-refractivity contribution in [1.29, 1.82) is 0 Å². The van der Waals surface area contributed by atoms with Gasteiger partial charge in [-0.2, -0.15) is 0 Å². The van der Waals surface area contributed by atoms with E-state index in [1.54, 1.807) is 11.3 Å².